The van der Waals surface area contributed by atoms with Gasteiger partial charge in [-0.3, -0.25) is 0 Å². The Hall–Kier alpha value is -2.48. The van der Waals surface area contributed by atoms with Crippen molar-refractivity contribution in [2.45, 2.75) is 25.7 Å². The number of rotatable bonds is 3. The standard InChI is InChI=1S/C20H18O2/c1-3-20(2,16-10-11-19-14(16)8-6-12-21-19)17-13-22-18-9-5-4-7-15(17)18/h4-13H,3H2,1-2H3. The molecule has 1 aromatic heterocycles. The minimum absolute atomic E-state index is 0.106. The van der Waals surface area contributed by atoms with Crippen molar-refractivity contribution in [2.24, 2.45) is 0 Å². The number of benzene rings is 1. The molecule has 2 nitrogen and oxygen atoms in total. The predicted octanol–water partition coefficient (Wildman–Crippen LogP) is 5.85. The Balaban J connectivity index is 1.97. The van der Waals surface area contributed by atoms with E-state index in [1.54, 1.807) is 6.26 Å². The molecule has 0 fully saturated rings. The van der Waals surface area contributed by atoms with Crippen LogP contribution in [0.5, 0.6) is 0 Å². The third-order valence-corrected chi connectivity index (χ3v) is 4.87. The highest BCUT2D eigenvalue weighted by molar-refractivity contribution is 5.84. The van der Waals surface area contributed by atoms with E-state index in [9.17, 15) is 0 Å². The zero-order valence-electron chi connectivity index (χ0n) is 12.8. The molecule has 1 atom stereocenters. The van der Waals surface area contributed by atoms with Crippen LogP contribution in [0, 0.1) is 0 Å². The van der Waals surface area contributed by atoms with Crippen molar-refractivity contribution >= 4 is 11.0 Å². The molecule has 2 aliphatic rings. The van der Waals surface area contributed by atoms with Gasteiger partial charge in [0.15, 0.2) is 0 Å². The molecule has 0 saturated heterocycles. The fraction of sp³-hybridized carbons (Fsp3) is 0.200. The van der Waals surface area contributed by atoms with Gasteiger partial charge in [-0.15, -0.1) is 0 Å². The Morgan fingerprint density at radius 2 is 1.77 bits per heavy atom. The lowest BCUT2D eigenvalue weighted by atomic mass is 9.73. The van der Waals surface area contributed by atoms with Gasteiger partial charge in [0, 0.05) is 21.9 Å². The maximum Gasteiger partial charge on any atom is 0.134 e. The molecule has 0 radical (unpaired) electrons. The molecule has 0 spiro atoms. The lowest BCUT2D eigenvalue weighted by molar-refractivity contribution is 0.529. The van der Waals surface area contributed by atoms with E-state index in [0.717, 1.165) is 17.8 Å². The third-order valence-electron chi connectivity index (χ3n) is 4.87. The van der Waals surface area contributed by atoms with Gasteiger partial charge >= 0.3 is 0 Å². The van der Waals surface area contributed by atoms with Gasteiger partial charge in [-0.1, -0.05) is 38.1 Å². The highest BCUT2D eigenvalue weighted by Crippen LogP contribution is 2.45. The maximum atomic E-state index is 5.78. The molecule has 1 unspecified atom stereocenters. The number of furan rings is 1. The average Bonchev–Trinajstić information content (AvgIpc) is 3.19. The molecule has 4 rings (SSSR count). The molecular formula is C20H18O2. The van der Waals surface area contributed by atoms with Gasteiger partial charge in [0.2, 0.25) is 0 Å². The van der Waals surface area contributed by atoms with E-state index in [-0.39, 0.29) is 5.41 Å². The Morgan fingerprint density at radius 3 is 2.64 bits per heavy atom. The molecule has 0 saturated carbocycles. The monoisotopic (exact) mass is 290 g/mol. The van der Waals surface area contributed by atoms with Crippen LogP contribution in [0.4, 0.5) is 0 Å². The van der Waals surface area contributed by atoms with Gasteiger partial charge in [0.05, 0.1) is 12.5 Å². The highest BCUT2D eigenvalue weighted by atomic mass is 16.3. The minimum Gasteiger partial charge on any atom is -0.464 e. The Bertz CT molecular complexity index is 899. The van der Waals surface area contributed by atoms with E-state index in [4.69, 9.17) is 8.83 Å². The summed E-state index contributed by atoms with van der Waals surface area (Å²) in [4.78, 5) is 0. The van der Waals surface area contributed by atoms with Crippen molar-refractivity contribution < 1.29 is 8.83 Å². The van der Waals surface area contributed by atoms with Crippen molar-refractivity contribution in [3.63, 3.8) is 0 Å². The van der Waals surface area contributed by atoms with Crippen LogP contribution in [0.1, 0.15) is 31.4 Å². The van der Waals surface area contributed by atoms with Crippen LogP contribution in [-0.2, 0) is 5.41 Å². The second-order valence-corrected chi connectivity index (χ2v) is 5.97. The first-order chi connectivity index (χ1) is 10.7. The van der Waals surface area contributed by atoms with Gasteiger partial charge in [-0.05, 0) is 36.2 Å². The number of hydrogen-bond acceptors (Lipinski definition) is 2. The SMILES string of the molecule is CCC(C)(c1ccc2occcc1-2)c1coc2ccccc12. The van der Waals surface area contributed by atoms with E-state index < -0.39 is 0 Å². The zero-order chi connectivity index (χ0) is 15.2. The Morgan fingerprint density at radius 1 is 0.909 bits per heavy atom. The number of para-hydroxylation sites is 1. The summed E-state index contributed by atoms with van der Waals surface area (Å²) in [7, 11) is 0. The van der Waals surface area contributed by atoms with E-state index in [2.05, 4.69) is 44.2 Å². The summed E-state index contributed by atoms with van der Waals surface area (Å²) in [5.74, 6) is 0.935. The summed E-state index contributed by atoms with van der Waals surface area (Å²) < 4.78 is 11.4. The fourth-order valence-electron chi connectivity index (χ4n) is 3.41. The zero-order valence-corrected chi connectivity index (χ0v) is 12.8. The number of hydrogen-bond donors (Lipinski definition) is 0. The summed E-state index contributed by atoms with van der Waals surface area (Å²) in [6, 6.07) is 16.6. The van der Waals surface area contributed by atoms with Crippen LogP contribution >= 0.6 is 0 Å². The summed E-state index contributed by atoms with van der Waals surface area (Å²) in [6.45, 7) is 4.51. The quantitative estimate of drug-likeness (QED) is 0.473. The van der Waals surface area contributed by atoms with Gasteiger partial charge in [0.25, 0.3) is 0 Å². The van der Waals surface area contributed by atoms with Gasteiger partial charge in [0.1, 0.15) is 11.3 Å². The predicted molar refractivity (Wildman–Crippen MR) is 88.3 cm³/mol. The van der Waals surface area contributed by atoms with E-state index in [0.29, 0.717) is 0 Å². The molecule has 2 aromatic rings. The molecule has 2 heterocycles. The minimum atomic E-state index is -0.106. The third kappa shape index (κ3) is 1.73. The van der Waals surface area contributed by atoms with Crippen LogP contribution in [0.2, 0.25) is 0 Å². The average molecular weight is 290 g/mol. The largest absolute Gasteiger partial charge is 0.464 e. The fourth-order valence-corrected chi connectivity index (χ4v) is 3.41. The van der Waals surface area contributed by atoms with Crippen molar-refractivity contribution in [1.82, 2.24) is 0 Å². The van der Waals surface area contributed by atoms with Crippen molar-refractivity contribution in [3.05, 3.63) is 72.2 Å². The van der Waals surface area contributed by atoms with Crippen LogP contribution < -0.4 is 0 Å². The van der Waals surface area contributed by atoms with Crippen LogP contribution in [0.15, 0.2) is 69.9 Å². The van der Waals surface area contributed by atoms with Crippen molar-refractivity contribution in [1.29, 1.82) is 0 Å². The molecule has 0 bridgehead atoms. The summed E-state index contributed by atoms with van der Waals surface area (Å²) >= 11 is 0. The Labute approximate surface area is 129 Å². The molecule has 0 N–H and O–H groups in total. The first-order valence-corrected chi connectivity index (χ1v) is 7.67. The van der Waals surface area contributed by atoms with E-state index in [1.165, 1.54) is 22.1 Å². The van der Waals surface area contributed by atoms with Crippen LogP contribution in [0.3, 0.4) is 0 Å². The molecule has 22 heavy (non-hydrogen) atoms. The normalized spacial score (nSPS) is 14.5. The summed E-state index contributed by atoms with van der Waals surface area (Å²) in [5, 5.41) is 1.19. The molecule has 1 aromatic carbocycles. The van der Waals surface area contributed by atoms with Crippen LogP contribution in [0.25, 0.3) is 22.3 Å². The molecular weight excluding hydrogens is 272 g/mol. The molecule has 1 aliphatic carbocycles. The van der Waals surface area contributed by atoms with E-state index in [1.807, 2.05) is 24.5 Å². The van der Waals surface area contributed by atoms with Gasteiger partial charge in [-0.2, -0.15) is 0 Å². The van der Waals surface area contributed by atoms with E-state index >= 15 is 0 Å². The highest BCUT2D eigenvalue weighted by Gasteiger charge is 2.34. The van der Waals surface area contributed by atoms with Gasteiger partial charge in [-0.25, -0.2) is 0 Å². The second-order valence-electron chi connectivity index (χ2n) is 5.97. The molecule has 0 amide bonds. The van der Waals surface area contributed by atoms with Gasteiger partial charge < -0.3 is 8.83 Å². The molecule has 2 heteroatoms. The number of fused-ring (bicyclic) bond motifs is 2. The summed E-state index contributed by atoms with van der Waals surface area (Å²) in [6.07, 6.45) is 4.63. The topological polar surface area (TPSA) is 26.3 Å². The molecule has 1 aliphatic heterocycles. The lowest BCUT2D eigenvalue weighted by Gasteiger charge is -2.28. The second kappa shape index (κ2) is 4.77. The van der Waals surface area contributed by atoms with Crippen LogP contribution in [-0.4, -0.2) is 0 Å². The smallest absolute Gasteiger partial charge is 0.134 e. The first kappa shape index (κ1) is 13.2. The lowest BCUT2D eigenvalue weighted by Crippen LogP contribution is -2.22. The summed E-state index contributed by atoms with van der Waals surface area (Å²) in [5.41, 5.74) is 4.54. The van der Waals surface area contributed by atoms with Crippen molar-refractivity contribution in [2.75, 3.05) is 0 Å². The van der Waals surface area contributed by atoms with Crippen molar-refractivity contribution in [3.8, 4) is 11.3 Å². The maximum absolute atomic E-state index is 5.78. The Kier molecular flexibility index (Phi) is 2.86. The first-order valence-electron chi connectivity index (χ1n) is 7.67. The molecule has 110 valence electrons.